The Balaban J connectivity index is 1.99. The van der Waals surface area contributed by atoms with Crippen LogP contribution in [-0.4, -0.2) is 38.8 Å². The number of halogens is 1. The van der Waals surface area contributed by atoms with Gasteiger partial charge in [0.1, 0.15) is 10.0 Å². The predicted molar refractivity (Wildman–Crippen MR) is 64.7 cm³/mol. The van der Waals surface area contributed by atoms with Crippen molar-refractivity contribution in [2.75, 3.05) is 13.2 Å². The number of hydrogen-bond acceptors (Lipinski definition) is 5. The van der Waals surface area contributed by atoms with Gasteiger partial charge in [-0.2, -0.15) is 0 Å². The van der Waals surface area contributed by atoms with E-state index in [9.17, 15) is 0 Å². The van der Waals surface area contributed by atoms with Crippen LogP contribution in [0.5, 0.6) is 0 Å². The molecule has 0 unspecified atom stereocenters. The van der Waals surface area contributed by atoms with Crippen molar-refractivity contribution < 1.29 is 5.11 Å². The molecule has 0 atom stereocenters. The third-order valence-corrected chi connectivity index (χ3v) is 4.07. The van der Waals surface area contributed by atoms with Crippen molar-refractivity contribution in [1.29, 1.82) is 0 Å². The van der Waals surface area contributed by atoms with Crippen molar-refractivity contribution >= 4 is 23.1 Å². The van der Waals surface area contributed by atoms with Crippen molar-refractivity contribution in [2.24, 2.45) is 0 Å². The summed E-state index contributed by atoms with van der Waals surface area (Å²) in [4.78, 5) is 2.27. The van der Waals surface area contributed by atoms with E-state index in [0.29, 0.717) is 23.5 Å². The largest absolute Gasteiger partial charge is 0.395 e. The lowest BCUT2D eigenvalue weighted by atomic mass is 10.2. The van der Waals surface area contributed by atoms with Crippen molar-refractivity contribution in [3.8, 4) is 0 Å². The Labute approximate surface area is 104 Å². The maximum atomic E-state index is 9.09. The third kappa shape index (κ3) is 2.91. The Bertz CT molecular complexity index is 328. The van der Waals surface area contributed by atoms with E-state index in [4.69, 9.17) is 16.7 Å². The van der Waals surface area contributed by atoms with E-state index in [0.717, 1.165) is 5.69 Å². The van der Waals surface area contributed by atoms with Crippen LogP contribution in [0.1, 0.15) is 31.4 Å². The van der Waals surface area contributed by atoms with Crippen LogP contribution in [0.15, 0.2) is 0 Å². The topological polar surface area (TPSA) is 49.2 Å². The first-order valence-electron chi connectivity index (χ1n) is 5.63. The quantitative estimate of drug-likeness (QED) is 0.880. The second-order valence-electron chi connectivity index (χ2n) is 4.13. The van der Waals surface area contributed by atoms with Crippen LogP contribution in [0.4, 0.5) is 0 Å². The number of aliphatic hydroxyl groups excluding tert-OH is 1. The molecule has 1 aromatic rings. The molecule has 2 rings (SSSR count). The number of hydrogen-bond donors (Lipinski definition) is 1. The highest BCUT2D eigenvalue weighted by molar-refractivity contribution is 7.10. The van der Waals surface area contributed by atoms with Gasteiger partial charge in [-0.05, 0) is 12.8 Å². The lowest BCUT2D eigenvalue weighted by Crippen LogP contribution is -2.35. The fourth-order valence-electron chi connectivity index (χ4n) is 2.27. The normalized spacial score (nSPS) is 17.4. The van der Waals surface area contributed by atoms with E-state index < -0.39 is 0 Å². The predicted octanol–water partition coefficient (Wildman–Crippen LogP) is 1.93. The summed E-state index contributed by atoms with van der Waals surface area (Å²) >= 11 is 7.22. The van der Waals surface area contributed by atoms with Gasteiger partial charge in [0, 0.05) is 30.7 Å². The molecular formula is C10H16ClN3OS. The SMILES string of the molecule is OCCN(Cc1nnsc1Cl)C1CCCC1. The first-order chi connectivity index (χ1) is 7.81. The molecule has 0 spiro atoms. The number of aliphatic hydroxyl groups is 1. The molecule has 1 fully saturated rings. The van der Waals surface area contributed by atoms with Gasteiger partial charge >= 0.3 is 0 Å². The molecule has 0 bridgehead atoms. The zero-order chi connectivity index (χ0) is 11.4. The maximum Gasteiger partial charge on any atom is 0.138 e. The molecule has 0 radical (unpaired) electrons. The lowest BCUT2D eigenvalue weighted by molar-refractivity contribution is 0.143. The van der Waals surface area contributed by atoms with E-state index in [-0.39, 0.29) is 6.61 Å². The minimum absolute atomic E-state index is 0.186. The van der Waals surface area contributed by atoms with Crippen LogP contribution in [-0.2, 0) is 6.54 Å². The summed E-state index contributed by atoms with van der Waals surface area (Å²) in [6.45, 7) is 1.59. The lowest BCUT2D eigenvalue weighted by Gasteiger charge is -2.27. The zero-order valence-corrected chi connectivity index (χ0v) is 10.7. The summed E-state index contributed by atoms with van der Waals surface area (Å²) in [5, 5.41) is 13.1. The van der Waals surface area contributed by atoms with Crippen LogP contribution in [0.3, 0.4) is 0 Å². The second-order valence-corrected chi connectivity index (χ2v) is 5.48. The molecule has 0 aromatic carbocycles. The van der Waals surface area contributed by atoms with Gasteiger partial charge in [-0.25, -0.2) is 0 Å². The van der Waals surface area contributed by atoms with Crippen LogP contribution in [0.25, 0.3) is 0 Å². The van der Waals surface area contributed by atoms with Gasteiger partial charge in [-0.15, -0.1) is 5.10 Å². The van der Waals surface area contributed by atoms with Crippen molar-refractivity contribution in [2.45, 2.75) is 38.3 Å². The first kappa shape index (κ1) is 12.2. The molecule has 1 heterocycles. The van der Waals surface area contributed by atoms with E-state index >= 15 is 0 Å². The van der Waals surface area contributed by atoms with Crippen LogP contribution < -0.4 is 0 Å². The summed E-state index contributed by atoms with van der Waals surface area (Å²) in [6.07, 6.45) is 5.01. The molecule has 4 nitrogen and oxygen atoms in total. The molecule has 1 aliphatic rings. The molecular weight excluding hydrogens is 246 g/mol. The van der Waals surface area contributed by atoms with Gasteiger partial charge in [-0.1, -0.05) is 28.9 Å². The minimum atomic E-state index is 0.186. The second kappa shape index (κ2) is 5.91. The minimum Gasteiger partial charge on any atom is -0.395 e. The highest BCUT2D eigenvalue weighted by atomic mass is 35.5. The van der Waals surface area contributed by atoms with Crippen molar-refractivity contribution in [3.05, 3.63) is 10.0 Å². The van der Waals surface area contributed by atoms with Crippen LogP contribution in [0, 0.1) is 0 Å². The van der Waals surface area contributed by atoms with Gasteiger partial charge in [0.25, 0.3) is 0 Å². The Morgan fingerprint density at radius 1 is 1.44 bits per heavy atom. The maximum absolute atomic E-state index is 9.09. The summed E-state index contributed by atoms with van der Waals surface area (Å²) in [7, 11) is 0. The van der Waals surface area contributed by atoms with Crippen LogP contribution >= 0.6 is 23.1 Å². The molecule has 6 heteroatoms. The standard InChI is InChI=1S/C10H16ClN3OS/c11-10-9(12-13-16-10)7-14(5-6-15)8-3-1-2-4-8/h8,15H,1-7H2. The average Bonchev–Trinajstić information content (AvgIpc) is 2.90. The fourth-order valence-corrected chi connectivity index (χ4v) is 2.88. The van der Waals surface area contributed by atoms with E-state index in [1.54, 1.807) is 0 Å². The molecule has 1 saturated carbocycles. The smallest absolute Gasteiger partial charge is 0.138 e. The first-order valence-corrected chi connectivity index (χ1v) is 6.78. The van der Waals surface area contributed by atoms with Gasteiger partial charge in [0.2, 0.25) is 0 Å². The number of rotatable bonds is 5. The monoisotopic (exact) mass is 261 g/mol. The molecule has 1 aromatic heterocycles. The van der Waals surface area contributed by atoms with Crippen molar-refractivity contribution in [1.82, 2.24) is 14.5 Å². The fraction of sp³-hybridized carbons (Fsp3) is 0.800. The molecule has 16 heavy (non-hydrogen) atoms. The zero-order valence-electron chi connectivity index (χ0n) is 9.10. The number of aromatic nitrogens is 2. The van der Waals surface area contributed by atoms with E-state index in [1.807, 2.05) is 0 Å². The Kier molecular flexibility index (Phi) is 4.52. The molecule has 0 amide bonds. The third-order valence-electron chi connectivity index (χ3n) is 3.09. The molecule has 1 aliphatic carbocycles. The summed E-state index contributed by atoms with van der Waals surface area (Å²) < 4.78 is 4.50. The van der Waals surface area contributed by atoms with E-state index in [2.05, 4.69) is 14.5 Å². The Morgan fingerprint density at radius 2 is 2.19 bits per heavy atom. The summed E-state index contributed by atoms with van der Waals surface area (Å²) in [6, 6.07) is 0.574. The van der Waals surface area contributed by atoms with Gasteiger partial charge in [0.15, 0.2) is 0 Å². The average molecular weight is 262 g/mol. The van der Waals surface area contributed by atoms with Gasteiger partial charge in [-0.3, -0.25) is 4.90 Å². The van der Waals surface area contributed by atoms with Crippen LogP contribution in [0.2, 0.25) is 4.34 Å². The Hall–Kier alpha value is -0.230. The van der Waals surface area contributed by atoms with E-state index in [1.165, 1.54) is 37.2 Å². The molecule has 0 aliphatic heterocycles. The van der Waals surface area contributed by atoms with Crippen molar-refractivity contribution in [3.63, 3.8) is 0 Å². The molecule has 90 valence electrons. The Morgan fingerprint density at radius 3 is 2.75 bits per heavy atom. The molecule has 0 saturated heterocycles. The number of nitrogens with zero attached hydrogens (tertiary/aromatic N) is 3. The van der Waals surface area contributed by atoms with Gasteiger partial charge < -0.3 is 5.11 Å². The summed E-state index contributed by atoms with van der Waals surface area (Å²) in [5.41, 5.74) is 0.840. The highest BCUT2D eigenvalue weighted by Gasteiger charge is 2.23. The highest BCUT2D eigenvalue weighted by Crippen LogP contribution is 2.26. The summed E-state index contributed by atoms with van der Waals surface area (Å²) in [5.74, 6) is 0. The molecule has 1 N–H and O–H groups in total. The van der Waals surface area contributed by atoms with Gasteiger partial charge in [0.05, 0.1) is 6.61 Å².